The summed E-state index contributed by atoms with van der Waals surface area (Å²) in [6, 6.07) is 7.66. The van der Waals surface area contributed by atoms with E-state index in [0.29, 0.717) is 22.9 Å². The Hall–Kier alpha value is -2.01. The first-order valence-corrected chi connectivity index (χ1v) is 7.72. The number of nitrogens with zero attached hydrogens (tertiary/aromatic N) is 2. The minimum atomic E-state index is -0.222. The summed E-state index contributed by atoms with van der Waals surface area (Å²) in [5, 5.41) is 10.4. The van der Waals surface area contributed by atoms with Gasteiger partial charge >= 0.3 is 0 Å². The number of aromatic nitrogens is 2. The Balaban J connectivity index is 2.67. The van der Waals surface area contributed by atoms with E-state index in [0.717, 1.165) is 11.3 Å². The number of thioether (sulfide) groups is 1. The molecule has 0 aliphatic carbocycles. The van der Waals surface area contributed by atoms with Crippen molar-refractivity contribution in [2.75, 3.05) is 5.75 Å². The van der Waals surface area contributed by atoms with Crippen LogP contribution in [0.15, 0.2) is 46.9 Å². The summed E-state index contributed by atoms with van der Waals surface area (Å²) < 4.78 is 1.55. The average Bonchev–Trinajstić information content (AvgIpc) is 2.47. The average molecular weight is 302 g/mol. The number of benzene rings is 1. The highest BCUT2D eigenvalue weighted by Gasteiger charge is 2.16. The SMILES string of the molecule is C=CCSc1nc(O)c(CC)c(=O)n1-c1ccc(C)cc1. The van der Waals surface area contributed by atoms with E-state index in [9.17, 15) is 9.90 Å². The molecule has 0 radical (unpaired) electrons. The van der Waals surface area contributed by atoms with E-state index >= 15 is 0 Å². The third kappa shape index (κ3) is 3.19. The van der Waals surface area contributed by atoms with Crippen LogP contribution in [-0.4, -0.2) is 20.4 Å². The maximum absolute atomic E-state index is 12.6. The lowest BCUT2D eigenvalue weighted by Crippen LogP contribution is -2.25. The topological polar surface area (TPSA) is 55.1 Å². The van der Waals surface area contributed by atoms with Gasteiger partial charge in [-0.15, -0.1) is 6.58 Å². The van der Waals surface area contributed by atoms with Crippen molar-refractivity contribution in [1.82, 2.24) is 9.55 Å². The fraction of sp³-hybridized carbons (Fsp3) is 0.250. The van der Waals surface area contributed by atoms with E-state index in [2.05, 4.69) is 11.6 Å². The van der Waals surface area contributed by atoms with E-state index < -0.39 is 0 Å². The van der Waals surface area contributed by atoms with Crippen molar-refractivity contribution >= 4 is 11.8 Å². The molecular weight excluding hydrogens is 284 g/mol. The molecule has 4 nitrogen and oxygen atoms in total. The lowest BCUT2D eigenvalue weighted by Gasteiger charge is -2.13. The molecule has 21 heavy (non-hydrogen) atoms. The molecule has 0 amide bonds. The smallest absolute Gasteiger partial charge is 0.265 e. The summed E-state index contributed by atoms with van der Waals surface area (Å²) in [5.74, 6) is 0.431. The zero-order valence-electron chi connectivity index (χ0n) is 12.2. The number of aromatic hydroxyl groups is 1. The molecule has 0 saturated carbocycles. The normalized spacial score (nSPS) is 10.6. The molecule has 2 rings (SSSR count). The van der Waals surface area contributed by atoms with Crippen LogP contribution in [0, 0.1) is 6.92 Å². The van der Waals surface area contributed by atoms with Crippen molar-refractivity contribution in [3.8, 4) is 11.6 Å². The highest BCUT2D eigenvalue weighted by molar-refractivity contribution is 7.99. The van der Waals surface area contributed by atoms with E-state index in [4.69, 9.17) is 0 Å². The van der Waals surface area contributed by atoms with Gasteiger partial charge in [0.2, 0.25) is 5.88 Å². The standard InChI is InChI=1S/C16H18N2O2S/c1-4-10-21-16-17-14(19)13(5-2)15(20)18(16)12-8-6-11(3)7-9-12/h4,6-9,19H,1,5,10H2,2-3H3. The molecule has 0 fully saturated rings. The van der Waals surface area contributed by atoms with Gasteiger partial charge in [-0.3, -0.25) is 9.36 Å². The van der Waals surface area contributed by atoms with Crippen LogP contribution in [0.3, 0.4) is 0 Å². The largest absolute Gasteiger partial charge is 0.493 e. The van der Waals surface area contributed by atoms with Gasteiger partial charge < -0.3 is 5.11 Å². The van der Waals surface area contributed by atoms with E-state index in [1.165, 1.54) is 11.8 Å². The first-order valence-electron chi connectivity index (χ1n) is 6.74. The van der Waals surface area contributed by atoms with Gasteiger partial charge in [0.05, 0.1) is 11.3 Å². The second-order valence-electron chi connectivity index (χ2n) is 4.63. The summed E-state index contributed by atoms with van der Waals surface area (Å²) >= 11 is 1.37. The molecule has 0 aliphatic heterocycles. The van der Waals surface area contributed by atoms with Crippen molar-refractivity contribution in [2.45, 2.75) is 25.4 Å². The van der Waals surface area contributed by atoms with Crippen molar-refractivity contribution < 1.29 is 5.11 Å². The minimum Gasteiger partial charge on any atom is -0.493 e. The number of hydrogen-bond donors (Lipinski definition) is 1. The maximum Gasteiger partial charge on any atom is 0.265 e. The molecule has 1 aromatic heterocycles. The minimum absolute atomic E-state index is 0.183. The summed E-state index contributed by atoms with van der Waals surface area (Å²) in [6.07, 6.45) is 2.18. The monoisotopic (exact) mass is 302 g/mol. The van der Waals surface area contributed by atoms with Gasteiger partial charge in [-0.1, -0.05) is 42.5 Å². The van der Waals surface area contributed by atoms with Gasteiger partial charge in [-0.05, 0) is 25.5 Å². The lowest BCUT2D eigenvalue weighted by molar-refractivity contribution is 0.432. The molecule has 0 spiro atoms. The van der Waals surface area contributed by atoms with Crippen LogP contribution in [0.5, 0.6) is 5.88 Å². The van der Waals surface area contributed by atoms with Gasteiger partial charge in [0.15, 0.2) is 5.16 Å². The predicted octanol–water partition coefficient (Wildman–Crippen LogP) is 3.09. The van der Waals surface area contributed by atoms with Crippen LogP contribution in [0.4, 0.5) is 0 Å². The Kier molecular flexibility index (Phi) is 4.85. The zero-order valence-corrected chi connectivity index (χ0v) is 13.0. The molecule has 0 saturated heterocycles. The van der Waals surface area contributed by atoms with Gasteiger partial charge in [0, 0.05) is 5.75 Å². The van der Waals surface area contributed by atoms with Gasteiger partial charge in [-0.2, -0.15) is 4.98 Å². The lowest BCUT2D eigenvalue weighted by atomic mass is 10.2. The van der Waals surface area contributed by atoms with Gasteiger partial charge in [0.1, 0.15) is 0 Å². The Morgan fingerprint density at radius 3 is 2.62 bits per heavy atom. The molecule has 110 valence electrons. The van der Waals surface area contributed by atoms with E-state index in [-0.39, 0.29) is 11.4 Å². The molecule has 0 atom stereocenters. The highest BCUT2D eigenvalue weighted by atomic mass is 32.2. The maximum atomic E-state index is 12.6. The first-order chi connectivity index (χ1) is 10.1. The Morgan fingerprint density at radius 2 is 2.05 bits per heavy atom. The van der Waals surface area contributed by atoms with Crippen LogP contribution in [0.1, 0.15) is 18.1 Å². The van der Waals surface area contributed by atoms with Crippen molar-refractivity contribution in [1.29, 1.82) is 0 Å². The second kappa shape index (κ2) is 6.63. The number of aryl methyl sites for hydroxylation is 1. The van der Waals surface area contributed by atoms with E-state index in [1.54, 1.807) is 10.6 Å². The van der Waals surface area contributed by atoms with Crippen molar-refractivity contribution in [2.24, 2.45) is 0 Å². The molecule has 0 aliphatic rings. The zero-order chi connectivity index (χ0) is 15.4. The van der Waals surface area contributed by atoms with Crippen LogP contribution < -0.4 is 5.56 Å². The molecule has 0 bridgehead atoms. The second-order valence-corrected chi connectivity index (χ2v) is 5.61. The Morgan fingerprint density at radius 1 is 1.38 bits per heavy atom. The van der Waals surface area contributed by atoms with Gasteiger partial charge in [0.25, 0.3) is 5.56 Å². The van der Waals surface area contributed by atoms with Crippen molar-refractivity contribution in [3.63, 3.8) is 0 Å². The van der Waals surface area contributed by atoms with Crippen LogP contribution >= 0.6 is 11.8 Å². The third-order valence-corrected chi connectivity index (χ3v) is 4.03. The summed E-state index contributed by atoms with van der Waals surface area (Å²) in [5.41, 5.74) is 1.98. The van der Waals surface area contributed by atoms with Crippen LogP contribution in [0.2, 0.25) is 0 Å². The fourth-order valence-electron chi connectivity index (χ4n) is 1.99. The molecule has 0 unspecified atom stereocenters. The molecule has 1 N–H and O–H groups in total. The summed E-state index contributed by atoms with van der Waals surface area (Å²) in [6.45, 7) is 7.49. The predicted molar refractivity (Wildman–Crippen MR) is 86.5 cm³/mol. The fourth-order valence-corrected chi connectivity index (χ4v) is 2.72. The first kappa shape index (κ1) is 15.4. The van der Waals surface area contributed by atoms with E-state index in [1.807, 2.05) is 38.1 Å². The molecule has 2 aromatic rings. The van der Waals surface area contributed by atoms with Crippen molar-refractivity contribution in [3.05, 3.63) is 58.4 Å². The summed E-state index contributed by atoms with van der Waals surface area (Å²) in [7, 11) is 0. The van der Waals surface area contributed by atoms with Crippen LogP contribution in [-0.2, 0) is 6.42 Å². The molecule has 5 heteroatoms. The third-order valence-electron chi connectivity index (χ3n) is 3.10. The highest BCUT2D eigenvalue weighted by Crippen LogP contribution is 2.22. The summed E-state index contributed by atoms with van der Waals surface area (Å²) in [4.78, 5) is 16.8. The number of rotatable bonds is 5. The van der Waals surface area contributed by atoms with Crippen LogP contribution in [0.25, 0.3) is 5.69 Å². The molecule has 1 aromatic carbocycles. The Bertz CT molecular complexity index is 705. The molecular formula is C16H18N2O2S. The molecule has 1 heterocycles. The quantitative estimate of drug-likeness (QED) is 0.524. The van der Waals surface area contributed by atoms with Gasteiger partial charge in [-0.25, -0.2) is 0 Å². The number of hydrogen-bond acceptors (Lipinski definition) is 4. The Labute approximate surface area is 128 Å².